The standard InChI is InChI=1S/C14H14ClN3O/c1-18-14(11(15)8-17-18)13(19)6-9-7-16-12-5-3-2-4-10(9)12/h2-5,8-9,16H,6-7H2,1H3. The molecule has 1 N–H and O–H groups in total. The van der Waals surface area contributed by atoms with E-state index in [1.54, 1.807) is 11.7 Å². The predicted molar refractivity (Wildman–Crippen MR) is 74.8 cm³/mol. The molecular weight excluding hydrogens is 262 g/mol. The minimum atomic E-state index is 0.0357. The number of aromatic nitrogens is 2. The van der Waals surface area contributed by atoms with Gasteiger partial charge in [-0.25, -0.2) is 0 Å². The van der Waals surface area contributed by atoms with Crippen molar-refractivity contribution in [1.29, 1.82) is 0 Å². The number of rotatable bonds is 3. The number of nitrogens with zero attached hydrogens (tertiary/aromatic N) is 2. The van der Waals surface area contributed by atoms with Crippen molar-refractivity contribution in [3.63, 3.8) is 0 Å². The number of aryl methyl sites for hydroxylation is 1. The monoisotopic (exact) mass is 275 g/mol. The Labute approximate surface area is 116 Å². The fourth-order valence-electron chi connectivity index (χ4n) is 2.58. The van der Waals surface area contributed by atoms with Crippen LogP contribution in [-0.4, -0.2) is 22.1 Å². The van der Waals surface area contributed by atoms with Crippen molar-refractivity contribution in [2.45, 2.75) is 12.3 Å². The van der Waals surface area contributed by atoms with Crippen molar-refractivity contribution in [3.8, 4) is 0 Å². The molecule has 0 radical (unpaired) electrons. The van der Waals surface area contributed by atoms with Crippen LogP contribution in [0.25, 0.3) is 0 Å². The van der Waals surface area contributed by atoms with Gasteiger partial charge >= 0.3 is 0 Å². The molecule has 98 valence electrons. The second-order valence-electron chi connectivity index (χ2n) is 4.76. The van der Waals surface area contributed by atoms with Gasteiger partial charge in [0.1, 0.15) is 5.69 Å². The number of hydrogen-bond donors (Lipinski definition) is 1. The SMILES string of the molecule is Cn1ncc(Cl)c1C(=O)CC1CNc2ccccc21. The Kier molecular flexibility index (Phi) is 3.03. The van der Waals surface area contributed by atoms with Crippen molar-refractivity contribution >= 4 is 23.1 Å². The Balaban J connectivity index is 1.82. The lowest BCUT2D eigenvalue weighted by atomic mass is 9.95. The predicted octanol–water partition coefficient (Wildman–Crippen LogP) is 2.86. The molecule has 2 aromatic rings. The third kappa shape index (κ3) is 2.12. The quantitative estimate of drug-likeness (QED) is 0.876. The Morgan fingerprint density at radius 1 is 1.53 bits per heavy atom. The Hall–Kier alpha value is -1.81. The maximum Gasteiger partial charge on any atom is 0.183 e. The minimum absolute atomic E-state index is 0.0357. The number of nitrogens with one attached hydrogen (secondary N) is 1. The molecule has 4 nitrogen and oxygen atoms in total. The number of carbonyl (C=O) groups is 1. The van der Waals surface area contributed by atoms with E-state index in [4.69, 9.17) is 11.6 Å². The average molecular weight is 276 g/mol. The molecule has 1 aliphatic heterocycles. The molecule has 0 spiro atoms. The molecule has 0 bridgehead atoms. The van der Waals surface area contributed by atoms with E-state index < -0.39 is 0 Å². The summed E-state index contributed by atoms with van der Waals surface area (Å²) in [6.45, 7) is 0.792. The molecule has 1 aromatic carbocycles. The summed E-state index contributed by atoms with van der Waals surface area (Å²) in [6.07, 6.45) is 1.96. The maximum atomic E-state index is 12.3. The number of anilines is 1. The van der Waals surface area contributed by atoms with E-state index in [2.05, 4.69) is 16.5 Å². The summed E-state index contributed by atoms with van der Waals surface area (Å²) >= 11 is 6.01. The maximum absolute atomic E-state index is 12.3. The molecule has 1 aromatic heterocycles. The van der Waals surface area contributed by atoms with Gasteiger partial charge in [0.2, 0.25) is 0 Å². The van der Waals surface area contributed by atoms with E-state index >= 15 is 0 Å². The van der Waals surface area contributed by atoms with E-state index in [0.717, 1.165) is 12.2 Å². The zero-order valence-corrected chi connectivity index (χ0v) is 11.3. The number of halogens is 1. The first-order valence-corrected chi connectivity index (χ1v) is 6.58. The molecule has 3 rings (SSSR count). The van der Waals surface area contributed by atoms with Gasteiger partial charge in [-0.15, -0.1) is 0 Å². The summed E-state index contributed by atoms with van der Waals surface area (Å²) in [6, 6.07) is 8.10. The lowest BCUT2D eigenvalue weighted by Crippen LogP contribution is -2.13. The van der Waals surface area contributed by atoms with E-state index in [-0.39, 0.29) is 11.7 Å². The molecule has 0 saturated carbocycles. The van der Waals surface area contributed by atoms with Gasteiger partial charge < -0.3 is 5.32 Å². The van der Waals surface area contributed by atoms with Gasteiger partial charge in [0, 0.05) is 31.6 Å². The normalized spacial score (nSPS) is 17.1. The van der Waals surface area contributed by atoms with Gasteiger partial charge in [-0.05, 0) is 11.6 Å². The highest BCUT2D eigenvalue weighted by molar-refractivity contribution is 6.33. The minimum Gasteiger partial charge on any atom is -0.384 e. The highest BCUT2D eigenvalue weighted by atomic mass is 35.5. The molecule has 5 heteroatoms. The molecule has 0 aliphatic carbocycles. The number of Topliss-reactive ketones (excluding diaryl/α,β-unsaturated/α-hetero) is 1. The summed E-state index contributed by atoms with van der Waals surface area (Å²) in [7, 11) is 1.74. The molecule has 0 fully saturated rings. The Morgan fingerprint density at radius 3 is 3.05 bits per heavy atom. The summed E-state index contributed by atoms with van der Waals surface area (Å²) in [5.41, 5.74) is 2.82. The second kappa shape index (κ2) is 4.70. The molecule has 2 heterocycles. The Morgan fingerprint density at radius 2 is 2.32 bits per heavy atom. The molecule has 1 unspecified atom stereocenters. The molecule has 1 atom stereocenters. The van der Waals surface area contributed by atoms with Crippen LogP contribution in [0.5, 0.6) is 0 Å². The van der Waals surface area contributed by atoms with Crippen molar-refractivity contribution in [2.75, 3.05) is 11.9 Å². The van der Waals surface area contributed by atoms with Crippen LogP contribution in [0.1, 0.15) is 28.4 Å². The lowest BCUT2D eigenvalue weighted by Gasteiger charge is -2.09. The zero-order valence-electron chi connectivity index (χ0n) is 10.6. The van der Waals surface area contributed by atoms with Crippen LogP contribution < -0.4 is 5.32 Å². The third-order valence-electron chi connectivity index (χ3n) is 3.53. The highest BCUT2D eigenvalue weighted by Gasteiger charge is 2.26. The second-order valence-corrected chi connectivity index (χ2v) is 5.16. The number of fused-ring (bicyclic) bond motifs is 1. The van der Waals surface area contributed by atoms with Crippen LogP contribution in [0.15, 0.2) is 30.5 Å². The third-order valence-corrected chi connectivity index (χ3v) is 3.81. The van der Waals surface area contributed by atoms with Gasteiger partial charge in [-0.2, -0.15) is 5.10 Å². The first-order valence-electron chi connectivity index (χ1n) is 6.20. The van der Waals surface area contributed by atoms with E-state index in [1.165, 1.54) is 11.8 Å². The van der Waals surface area contributed by atoms with Gasteiger partial charge in [0.05, 0.1) is 11.2 Å². The molecule has 0 saturated heterocycles. The molecule has 19 heavy (non-hydrogen) atoms. The van der Waals surface area contributed by atoms with Crippen LogP contribution in [-0.2, 0) is 7.05 Å². The highest BCUT2D eigenvalue weighted by Crippen LogP contribution is 2.34. The van der Waals surface area contributed by atoms with Crippen molar-refractivity contribution in [1.82, 2.24) is 9.78 Å². The van der Waals surface area contributed by atoms with Gasteiger partial charge in [-0.3, -0.25) is 9.48 Å². The topological polar surface area (TPSA) is 46.9 Å². The average Bonchev–Trinajstić information content (AvgIpc) is 2.94. The van der Waals surface area contributed by atoms with Crippen LogP contribution in [0.3, 0.4) is 0 Å². The van der Waals surface area contributed by atoms with Crippen molar-refractivity contribution in [2.24, 2.45) is 7.05 Å². The van der Waals surface area contributed by atoms with Crippen LogP contribution in [0, 0.1) is 0 Å². The van der Waals surface area contributed by atoms with E-state index in [0.29, 0.717) is 17.1 Å². The van der Waals surface area contributed by atoms with E-state index in [9.17, 15) is 4.79 Å². The van der Waals surface area contributed by atoms with E-state index in [1.807, 2.05) is 18.2 Å². The number of para-hydroxylation sites is 1. The number of benzene rings is 1. The molecular formula is C14H14ClN3O. The summed E-state index contributed by atoms with van der Waals surface area (Å²) in [4.78, 5) is 12.3. The van der Waals surface area contributed by atoms with Crippen LogP contribution in [0.4, 0.5) is 5.69 Å². The zero-order chi connectivity index (χ0) is 13.4. The lowest BCUT2D eigenvalue weighted by molar-refractivity contribution is 0.0966. The van der Waals surface area contributed by atoms with Gasteiger partial charge in [-0.1, -0.05) is 29.8 Å². The van der Waals surface area contributed by atoms with Crippen molar-refractivity contribution in [3.05, 3.63) is 46.7 Å². The fourth-order valence-corrected chi connectivity index (χ4v) is 2.86. The summed E-state index contributed by atoms with van der Waals surface area (Å²) in [5, 5.41) is 7.75. The molecule has 1 aliphatic rings. The first-order chi connectivity index (χ1) is 9.16. The fraction of sp³-hybridized carbons (Fsp3) is 0.286. The smallest absolute Gasteiger partial charge is 0.183 e. The largest absolute Gasteiger partial charge is 0.384 e. The van der Waals surface area contributed by atoms with Crippen LogP contribution >= 0.6 is 11.6 Å². The Bertz CT molecular complexity index is 616. The van der Waals surface area contributed by atoms with Gasteiger partial charge in [0.15, 0.2) is 5.78 Å². The molecule has 0 amide bonds. The number of ketones is 1. The van der Waals surface area contributed by atoms with Crippen LogP contribution in [0.2, 0.25) is 5.02 Å². The number of hydrogen-bond acceptors (Lipinski definition) is 3. The first kappa shape index (κ1) is 12.2. The van der Waals surface area contributed by atoms with Crippen molar-refractivity contribution < 1.29 is 4.79 Å². The number of carbonyl (C=O) groups excluding carboxylic acids is 1. The summed E-state index contributed by atoms with van der Waals surface area (Å²) < 4.78 is 1.54. The summed E-state index contributed by atoms with van der Waals surface area (Å²) in [5.74, 6) is 0.239. The van der Waals surface area contributed by atoms with Gasteiger partial charge in [0.25, 0.3) is 0 Å².